The van der Waals surface area contributed by atoms with Gasteiger partial charge in [-0.1, -0.05) is 18.2 Å². The summed E-state index contributed by atoms with van der Waals surface area (Å²) in [5, 5.41) is 5.93. The van der Waals surface area contributed by atoms with E-state index in [0.29, 0.717) is 26.2 Å². The minimum atomic E-state index is -3.36. The summed E-state index contributed by atoms with van der Waals surface area (Å²) in [4.78, 5) is 12.0. The number of amides is 1. The smallest absolute Gasteiger partial charge is 0.225 e. The summed E-state index contributed by atoms with van der Waals surface area (Å²) >= 11 is 0. The predicted molar refractivity (Wildman–Crippen MR) is 87.4 cm³/mol. The minimum Gasteiger partial charge on any atom is -0.326 e. The van der Waals surface area contributed by atoms with Crippen molar-refractivity contribution in [3.05, 3.63) is 29.3 Å². The van der Waals surface area contributed by atoms with Crippen molar-refractivity contribution in [2.24, 2.45) is 0 Å². The number of carbonyl (C=O) groups excluding carboxylic acids is 1. The first-order valence-electron chi connectivity index (χ1n) is 7.45. The molecule has 1 aromatic rings. The highest BCUT2D eigenvalue weighted by atomic mass is 32.2. The fourth-order valence-electron chi connectivity index (χ4n) is 2.49. The molecule has 2 N–H and O–H groups in total. The number of anilines is 1. The Bertz CT molecular complexity index is 617. The van der Waals surface area contributed by atoms with E-state index < -0.39 is 10.0 Å². The standard InChI is InChI=1S/C15H23N3O3S/c1-12-4-3-5-13(2)15(12)17-14(19)6-11-22(20,21)18-9-7-16-8-10-18/h3-5,16H,6-11H2,1-2H3,(H,17,19). The molecule has 1 aliphatic heterocycles. The highest BCUT2D eigenvalue weighted by Gasteiger charge is 2.24. The van der Waals surface area contributed by atoms with Crippen molar-refractivity contribution in [3.8, 4) is 0 Å². The van der Waals surface area contributed by atoms with Crippen LogP contribution >= 0.6 is 0 Å². The third-order valence-electron chi connectivity index (χ3n) is 3.80. The Labute approximate surface area is 131 Å². The van der Waals surface area contributed by atoms with Crippen LogP contribution in [0.5, 0.6) is 0 Å². The Morgan fingerprint density at radius 3 is 2.41 bits per heavy atom. The monoisotopic (exact) mass is 325 g/mol. The van der Waals surface area contributed by atoms with E-state index in [1.54, 1.807) is 0 Å². The number of para-hydroxylation sites is 1. The van der Waals surface area contributed by atoms with Crippen LogP contribution in [0.2, 0.25) is 0 Å². The molecule has 1 saturated heterocycles. The summed E-state index contributed by atoms with van der Waals surface area (Å²) in [7, 11) is -3.36. The van der Waals surface area contributed by atoms with Crippen molar-refractivity contribution in [2.75, 3.05) is 37.2 Å². The molecule has 0 saturated carbocycles. The third-order valence-corrected chi connectivity index (χ3v) is 5.67. The zero-order valence-corrected chi connectivity index (χ0v) is 13.9. The first kappa shape index (κ1) is 16.9. The van der Waals surface area contributed by atoms with Crippen molar-refractivity contribution in [2.45, 2.75) is 20.3 Å². The molecule has 1 heterocycles. The van der Waals surface area contributed by atoms with Gasteiger partial charge in [-0.2, -0.15) is 4.31 Å². The van der Waals surface area contributed by atoms with Gasteiger partial charge in [0.05, 0.1) is 5.75 Å². The zero-order valence-electron chi connectivity index (χ0n) is 13.1. The summed E-state index contributed by atoms with van der Waals surface area (Å²) in [6.45, 7) is 6.10. The number of benzene rings is 1. The second-order valence-electron chi connectivity index (χ2n) is 5.53. The predicted octanol–water partition coefficient (Wildman–Crippen LogP) is 0.867. The Hall–Kier alpha value is -1.44. The Kier molecular flexibility index (Phi) is 5.55. The van der Waals surface area contributed by atoms with Gasteiger partial charge in [0.1, 0.15) is 0 Å². The van der Waals surface area contributed by atoms with Crippen molar-refractivity contribution in [1.82, 2.24) is 9.62 Å². The number of sulfonamides is 1. The SMILES string of the molecule is Cc1cccc(C)c1NC(=O)CCS(=O)(=O)N1CCNCC1. The third kappa shape index (κ3) is 4.28. The van der Waals surface area contributed by atoms with Crippen molar-refractivity contribution < 1.29 is 13.2 Å². The fraction of sp³-hybridized carbons (Fsp3) is 0.533. The molecule has 22 heavy (non-hydrogen) atoms. The number of rotatable bonds is 5. The van der Waals surface area contributed by atoms with Gasteiger partial charge in [0.15, 0.2) is 0 Å². The molecule has 1 fully saturated rings. The number of hydrogen-bond donors (Lipinski definition) is 2. The number of nitrogens with one attached hydrogen (secondary N) is 2. The molecule has 1 aromatic carbocycles. The molecular formula is C15H23N3O3S. The van der Waals surface area contributed by atoms with E-state index in [0.717, 1.165) is 16.8 Å². The molecule has 6 nitrogen and oxygen atoms in total. The molecule has 7 heteroatoms. The topological polar surface area (TPSA) is 78.5 Å². The fourth-order valence-corrected chi connectivity index (χ4v) is 3.93. The lowest BCUT2D eigenvalue weighted by atomic mass is 10.1. The lowest BCUT2D eigenvalue weighted by molar-refractivity contribution is -0.115. The number of hydrogen-bond acceptors (Lipinski definition) is 4. The van der Waals surface area contributed by atoms with Crippen LogP contribution in [0.3, 0.4) is 0 Å². The molecule has 0 spiro atoms. The van der Waals surface area contributed by atoms with Gasteiger partial charge in [-0.15, -0.1) is 0 Å². The average Bonchev–Trinajstić information content (AvgIpc) is 2.50. The zero-order chi connectivity index (χ0) is 16.2. The summed E-state index contributed by atoms with van der Waals surface area (Å²) < 4.78 is 25.8. The molecule has 0 bridgehead atoms. The van der Waals surface area contributed by atoms with Gasteiger partial charge in [-0.05, 0) is 25.0 Å². The molecule has 0 aromatic heterocycles. The molecule has 0 radical (unpaired) electrons. The maximum absolute atomic E-state index is 12.2. The van der Waals surface area contributed by atoms with E-state index in [1.165, 1.54) is 4.31 Å². The van der Waals surface area contributed by atoms with Gasteiger partial charge in [0.25, 0.3) is 0 Å². The second kappa shape index (κ2) is 7.21. The normalized spacial score (nSPS) is 16.5. The van der Waals surface area contributed by atoms with E-state index in [-0.39, 0.29) is 18.1 Å². The van der Waals surface area contributed by atoms with Crippen LogP contribution in [-0.2, 0) is 14.8 Å². The van der Waals surface area contributed by atoms with Crippen LogP contribution in [0.25, 0.3) is 0 Å². The van der Waals surface area contributed by atoms with E-state index in [1.807, 2.05) is 32.0 Å². The lowest BCUT2D eigenvalue weighted by Crippen LogP contribution is -2.47. The van der Waals surface area contributed by atoms with Crippen LogP contribution in [0, 0.1) is 13.8 Å². The number of carbonyl (C=O) groups is 1. The molecule has 0 atom stereocenters. The van der Waals surface area contributed by atoms with Gasteiger partial charge in [-0.25, -0.2) is 8.42 Å². The van der Waals surface area contributed by atoms with Crippen molar-refractivity contribution in [3.63, 3.8) is 0 Å². The van der Waals surface area contributed by atoms with E-state index in [2.05, 4.69) is 10.6 Å². The second-order valence-corrected chi connectivity index (χ2v) is 7.62. The van der Waals surface area contributed by atoms with Crippen LogP contribution in [0.15, 0.2) is 18.2 Å². The maximum atomic E-state index is 12.2. The number of piperazine rings is 1. The van der Waals surface area contributed by atoms with Crippen LogP contribution in [-0.4, -0.2) is 50.6 Å². The molecule has 2 rings (SSSR count). The van der Waals surface area contributed by atoms with Crippen LogP contribution in [0.4, 0.5) is 5.69 Å². The molecular weight excluding hydrogens is 302 g/mol. The van der Waals surface area contributed by atoms with Gasteiger partial charge in [-0.3, -0.25) is 4.79 Å². The van der Waals surface area contributed by atoms with E-state index in [4.69, 9.17) is 0 Å². The highest BCUT2D eigenvalue weighted by Crippen LogP contribution is 2.19. The summed E-state index contributed by atoms with van der Waals surface area (Å²) in [5.41, 5.74) is 2.71. The molecule has 122 valence electrons. The number of aryl methyl sites for hydroxylation is 2. The van der Waals surface area contributed by atoms with Gasteiger partial charge >= 0.3 is 0 Å². The van der Waals surface area contributed by atoms with Gasteiger partial charge in [0.2, 0.25) is 15.9 Å². The molecule has 0 unspecified atom stereocenters. The van der Waals surface area contributed by atoms with Crippen LogP contribution < -0.4 is 10.6 Å². The Morgan fingerprint density at radius 2 is 1.82 bits per heavy atom. The maximum Gasteiger partial charge on any atom is 0.225 e. The van der Waals surface area contributed by atoms with Crippen molar-refractivity contribution in [1.29, 1.82) is 0 Å². The largest absolute Gasteiger partial charge is 0.326 e. The average molecular weight is 325 g/mol. The first-order chi connectivity index (χ1) is 10.4. The van der Waals surface area contributed by atoms with E-state index in [9.17, 15) is 13.2 Å². The quantitative estimate of drug-likeness (QED) is 0.842. The summed E-state index contributed by atoms with van der Waals surface area (Å²) in [5.74, 6) is -0.417. The van der Waals surface area contributed by atoms with Crippen LogP contribution in [0.1, 0.15) is 17.5 Å². The molecule has 1 amide bonds. The molecule has 1 aliphatic rings. The highest BCUT2D eigenvalue weighted by molar-refractivity contribution is 7.89. The van der Waals surface area contributed by atoms with E-state index >= 15 is 0 Å². The number of nitrogens with zero attached hydrogens (tertiary/aromatic N) is 1. The van der Waals surface area contributed by atoms with Gasteiger partial charge in [0, 0.05) is 38.3 Å². The van der Waals surface area contributed by atoms with Gasteiger partial charge < -0.3 is 10.6 Å². The molecule has 0 aliphatic carbocycles. The van der Waals surface area contributed by atoms with Crippen molar-refractivity contribution >= 4 is 21.6 Å². The summed E-state index contributed by atoms with van der Waals surface area (Å²) in [6, 6.07) is 5.76. The first-order valence-corrected chi connectivity index (χ1v) is 9.06. The minimum absolute atomic E-state index is 0.0277. The Morgan fingerprint density at radius 1 is 1.23 bits per heavy atom. The Balaban J connectivity index is 1.92. The summed E-state index contributed by atoms with van der Waals surface area (Å²) in [6.07, 6.45) is -0.0277. The lowest BCUT2D eigenvalue weighted by Gasteiger charge is -2.26.